The Morgan fingerprint density at radius 3 is 2.00 bits per heavy atom. The van der Waals surface area contributed by atoms with Crippen LogP contribution in [0.2, 0.25) is 0 Å². The first-order chi connectivity index (χ1) is 15.8. The van der Waals surface area contributed by atoms with Crippen molar-refractivity contribution in [3.63, 3.8) is 0 Å². The molecule has 0 aliphatic rings. The normalized spacial score (nSPS) is 11.1. The van der Waals surface area contributed by atoms with Crippen LogP contribution in [-0.2, 0) is 0 Å². The van der Waals surface area contributed by atoms with Crippen molar-refractivity contribution in [2.24, 2.45) is 0 Å². The Hall–Kier alpha value is -4.20. The standard InChI is InChI=1S/C25H25N5O3/c1-15(2)30-25(33)21-8-6-5-7-20(21)22(28-30)24(32)27-26-23(31)18-11-13-19(14-12-18)29-16(3)9-10-17(29)4/h5-15H,1-4H3,(H,26,31)(H,27,32). The lowest BCUT2D eigenvalue weighted by Crippen LogP contribution is -2.43. The van der Waals surface area contributed by atoms with E-state index in [9.17, 15) is 14.4 Å². The zero-order chi connectivity index (χ0) is 23.7. The van der Waals surface area contributed by atoms with Crippen molar-refractivity contribution in [3.05, 3.63) is 93.7 Å². The van der Waals surface area contributed by atoms with Crippen LogP contribution in [0.4, 0.5) is 0 Å². The monoisotopic (exact) mass is 443 g/mol. The predicted molar refractivity (Wildman–Crippen MR) is 127 cm³/mol. The molecule has 0 saturated carbocycles. The summed E-state index contributed by atoms with van der Waals surface area (Å²) in [6.45, 7) is 7.66. The number of hydrazine groups is 1. The number of amides is 2. The number of carbonyl (C=O) groups excluding carboxylic acids is 2. The number of fused-ring (bicyclic) bond motifs is 1. The van der Waals surface area contributed by atoms with Gasteiger partial charge in [-0.25, -0.2) is 4.68 Å². The first-order valence-electron chi connectivity index (χ1n) is 10.7. The molecule has 0 spiro atoms. The van der Waals surface area contributed by atoms with E-state index in [0.717, 1.165) is 17.1 Å². The van der Waals surface area contributed by atoms with Crippen molar-refractivity contribution in [2.45, 2.75) is 33.7 Å². The smallest absolute Gasteiger partial charge is 0.290 e. The molecule has 2 heterocycles. The van der Waals surface area contributed by atoms with E-state index >= 15 is 0 Å². The van der Waals surface area contributed by atoms with Gasteiger partial charge in [0.2, 0.25) is 0 Å². The summed E-state index contributed by atoms with van der Waals surface area (Å²) in [6.07, 6.45) is 0. The molecule has 33 heavy (non-hydrogen) atoms. The van der Waals surface area contributed by atoms with Gasteiger partial charge in [0.05, 0.1) is 11.4 Å². The van der Waals surface area contributed by atoms with E-state index < -0.39 is 11.8 Å². The maximum atomic E-state index is 12.9. The van der Waals surface area contributed by atoms with Gasteiger partial charge < -0.3 is 4.57 Å². The van der Waals surface area contributed by atoms with Crippen LogP contribution in [0.5, 0.6) is 0 Å². The van der Waals surface area contributed by atoms with E-state index in [-0.39, 0.29) is 17.3 Å². The van der Waals surface area contributed by atoms with E-state index in [0.29, 0.717) is 16.3 Å². The summed E-state index contributed by atoms with van der Waals surface area (Å²) in [5.41, 5.74) is 8.17. The summed E-state index contributed by atoms with van der Waals surface area (Å²) in [6, 6.07) is 17.7. The number of aryl methyl sites for hydroxylation is 2. The van der Waals surface area contributed by atoms with Crippen molar-refractivity contribution < 1.29 is 9.59 Å². The number of nitrogens with one attached hydrogen (secondary N) is 2. The number of nitrogens with zero attached hydrogens (tertiary/aromatic N) is 3. The van der Waals surface area contributed by atoms with E-state index in [4.69, 9.17) is 0 Å². The molecule has 0 saturated heterocycles. The molecule has 2 aromatic heterocycles. The highest BCUT2D eigenvalue weighted by Crippen LogP contribution is 2.17. The van der Waals surface area contributed by atoms with Crippen LogP contribution >= 0.6 is 0 Å². The maximum Gasteiger partial charge on any atom is 0.290 e. The fourth-order valence-corrected chi connectivity index (χ4v) is 3.81. The molecule has 0 unspecified atom stereocenters. The minimum absolute atomic E-state index is 0.0631. The van der Waals surface area contributed by atoms with Gasteiger partial charge >= 0.3 is 0 Å². The molecule has 8 nitrogen and oxygen atoms in total. The van der Waals surface area contributed by atoms with Gasteiger partial charge in [0.15, 0.2) is 5.69 Å². The summed E-state index contributed by atoms with van der Waals surface area (Å²) < 4.78 is 3.35. The lowest BCUT2D eigenvalue weighted by molar-refractivity contribution is 0.0843. The van der Waals surface area contributed by atoms with E-state index in [1.807, 2.05) is 52.0 Å². The van der Waals surface area contributed by atoms with Gasteiger partial charge in [-0.1, -0.05) is 18.2 Å². The molecule has 2 aromatic carbocycles. The van der Waals surface area contributed by atoms with E-state index in [1.54, 1.807) is 36.4 Å². The minimum Gasteiger partial charge on any atom is -0.319 e. The van der Waals surface area contributed by atoms with Crippen LogP contribution in [0.25, 0.3) is 16.5 Å². The third-order valence-corrected chi connectivity index (χ3v) is 5.48. The number of rotatable bonds is 4. The Balaban J connectivity index is 1.54. The van der Waals surface area contributed by atoms with Crippen LogP contribution in [0.15, 0.2) is 65.5 Å². The quantitative estimate of drug-likeness (QED) is 0.472. The van der Waals surface area contributed by atoms with Crippen LogP contribution in [-0.4, -0.2) is 26.2 Å². The Morgan fingerprint density at radius 2 is 1.39 bits per heavy atom. The second-order valence-corrected chi connectivity index (χ2v) is 8.14. The molecule has 4 rings (SSSR count). The zero-order valence-corrected chi connectivity index (χ0v) is 18.9. The van der Waals surface area contributed by atoms with Gasteiger partial charge in [0.1, 0.15) is 0 Å². The Bertz CT molecular complexity index is 1400. The van der Waals surface area contributed by atoms with Crippen LogP contribution < -0.4 is 16.4 Å². The van der Waals surface area contributed by atoms with Crippen molar-refractivity contribution in [2.75, 3.05) is 0 Å². The average molecular weight is 444 g/mol. The molecule has 168 valence electrons. The third-order valence-electron chi connectivity index (χ3n) is 5.48. The molecule has 0 radical (unpaired) electrons. The number of aromatic nitrogens is 3. The highest BCUT2D eigenvalue weighted by Gasteiger charge is 2.18. The van der Waals surface area contributed by atoms with Gasteiger partial charge in [0.25, 0.3) is 17.4 Å². The van der Waals surface area contributed by atoms with Crippen molar-refractivity contribution >= 4 is 22.6 Å². The van der Waals surface area contributed by atoms with Gasteiger partial charge in [0, 0.05) is 28.0 Å². The second-order valence-electron chi connectivity index (χ2n) is 8.14. The lowest BCUT2D eigenvalue weighted by Gasteiger charge is -2.14. The zero-order valence-electron chi connectivity index (χ0n) is 18.9. The molecule has 0 bridgehead atoms. The molecule has 0 atom stereocenters. The maximum absolute atomic E-state index is 12.9. The first kappa shape index (κ1) is 22.0. The van der Waals surface area contributed by atoms with Crippen molar-refractivity contribution in [1.29, 1.82) is 0 Å². The third kappa shape index (κ3) is 4.15. The Morgan fingerprint density at radius 1 is 0.818 bits per heavy atom. The highest BCUT2D eigenvalue weighted by molar-refractivity contribution is 6.06. The molecule has 0 aliphatic carbocycles. The van der Waals surface area contributed by atoms with Crippen molar-refractivity contribution in [3.8, 4) is 5.69 Å². The van der Waals surface area contributed by atoms with Gasteiger partial charge in [-0.15, -0.1) is 0 Å². The van der Waals surface area contributed by atoms with Gasteiger partial charge in [-0.2, -0.15) is 5.10 Å². The highest BCUT2D eigenvalue weighted by atomic mass is 16.2. The number of benzene rings is 2. The summed E-state index contributed by atoms with van der Waals surface area (Å²) in [5, 5.41) is 5.06. The van der Waals surface area contributed by atoms with E-state index in [1.165, 1.54) is 4.68 Å². The molecular weight excluding hydrogens is 418 g/mol. The van der Waals surface area contributed by atoms with Crippen LogP contribution in [0, 0.1) is 13.8 Å². The summed E-state index contributed by atoms with van der Waals surface area (Å²) in [5.74, 6) is -1.07. The molecule has 4 aromatic rings. The topological polar surface area (TPSA) is 98.0 Å². The fourth-order valence-electron chi connectivity index (χ4n) is 3.81. The van der Waals surface area contributed by atoms with Gasteiger partial charge in [-0.3, -0.25) is 25.2 Å². The molecule has 0 fully saturated rings. The molecule has 2 amide bonds. The Kier molecular flexibility index (Phi) is 5.83. The Labute approximate surface area is 190 Å². The predicted octanol–water partition coefficient (Wildman–Crippen LogP) is 3.46. The summed E-state index contributed by atoms with van der Waals surface area (Å²) >= 11 is 0. The van der Waals surface area contributed by atoms with Crippen molar-refractivity contribution in [1.82, 2.24) is 25.2 Å². The number of carbonyl (C=O) groups is 2. The summed E-state index contributed by atoms with van der Waals surface area (Å²) in [7, 11) is 0. The molecular formula is C25H25N5O3. The van der Waals surface area contributed by atoms with E-state index in [2.05, 4.69) is 20.5 Å². The first-order valence-corrected chi connectivity index (χ1v) is 10.7. The fraction of sp³-hybridized carbons (Fsp3) is 0.200. The number of hydrogen-bond donors (Lipinski definition) is 2. The van der Waals surface area contributed by atoms with Crippen LogP contribution in [0.1, 0.15) is 52.1 Å². The van der Waals surface area contributed by atoms with Gasteiger partial charge in [-0.05, 0) is 70.2 Å². The average Bonchev–Trinajstić information content (AvgIpc) is 3.15. The SMILES string of the molecule is Cc1ccc(C)n1-c1ccc(C(=O)NNC(=O)c2nn(C(C)C)c(=O)c3ccccc23)cc1. The lowest BCUT2D eigenvalue weighted by atomic mass is 10.1. The molecule has 0 aliphatic heterocycles. The molecule has 2 N–H and O–H groups in total. The largest absolute Gasteiger partial charge is 0.319 e. The van der Waals surface area contributed by atoms with Crippen LogP contribution in [0.3, 0.4) is 0 Å². The second kappa shape index (κ2) is 8.74. The minimum atomic E-state index is -0.607. The molecule has 8 heteroatoms. The summed E-state index contributed by atoms with van der Waals surface area (Å²) in [4.78, 5) is 38.1. The number of hydrogen-bond acceptors (Lipinski definition) is 4.